The van der Waals surface area contributed by atoms with Crippen LogP contribution >= 0.6 is 22.9 Å². The quantitative estimate of drug-likeness (QED) is 0.182. The Labute approximate surface area is 250 Å². The lowest BCUT2D eigenvalue weighted by Gasteiger charge is -2.30. The summed E-state index contributed by atoms with van der Waals surface area (Å²) in [4.78, 5) is 31.1. The van der Waals surface area contributed by atoms with Gasteiger partial charge in [0.2, 0.25) is 0 Å². The molecule has 1 aliphatic carbocycles. The number of benzene rings is 3. The predicted molar refractivity (Wildman–Crippen MR) is 166 cm³/mol. The van der Waals surface area contributed by atoms with Crippen molar-refractivity contribution in [2.75, 3.05) is 0 Å². The molecule has 5 aromatic rings. The second kappa shape index (κ2) is 10.1. The second-order valence-electron chi connectivity index (χ2n) is 10.6. The largest absolute Gasteiger partial charge is 0.318 e. The first-order valence-electron chi connectivity index (χ1n) is 13.6. The molecule has 2 aliphatic rings. The van der Waals surface area contributed by atoms with Crippen LogP contribution in [0.5, 0.6) is 0 Å². The minimum absolute atomic E-state index is 0.000347. The molecule has 0 N–H and O–H groups in total. The van der Waals surface area contributed by atoms with Crippen molar-refractivity contribution in [3.05, 3.63) is 153 Å². The standard InChI is InChI=1S/C33H25ClN4O3S/c1-19-16-23(20(2)36(19)25-13-11-24(34)12-14-25)18-29-32(39)37-31(22-7-5-8-26(17-22)38(40)41)28-15-10-21-6-3-4-9-27(21)30(28)35-33(37)42-29/h3-9,11-14,16-18,31H,10,15H2,1-2H3/b29-18+/t31-/m0/s1. The Kier molecular flexibility index (Phi) is 6.33. The van der Waals surface area contributed by atoms with E-state index in [1.54, 1.807) is 16.7 Å². The zero-order valence-corrected chi connectivity index (χ0v) is 24.4. The maximum Gasteiger partial charge on any atom is 0.271 e. The van der Waals surface area contributed by atoms with E-state index in [0.717, 1.165) is 45.9 Å². The van der Waals surface area contributed by atoms with Crippen LogP contribution in [0.2, 0.25) is 5.02 Å². The molecule has 3 heterocycles. The van der Waals surface area contributed by atoms with Crippen molar-refractivity contribution in [1.82, 2.24) is 9.13 Å². The highest BCUT2D eigenvalue weighted by Crippen LogP contribution is 2.41. The lowest BCUT2D eigenvalue weighted by atomic mass is 9.83. The molecule has 3 aromatic carbocycles. The second-order valence-corrected chi connectivity index (χ2v) is 12.0. The summed E-state index contributed by atoms with van der Waals surface area (Å²) < 4.78 is 4.43. The first-order chi connectivity index (χ1) is 20.3. The number of aryl methyl sites for hydroxylation is 2. The molecule has 0 fully saturated rings. The number of nitro groups is 1. The van der Waals surface area contributed by atoms with Gasteiger partial charge >= 0.3 is 0 Å². The van der Waals surface area contributed by atoms with Gasteiger partial charge in [-0.25, -0.2) is 4.99 Å². The van der Waals surface area contributed by atoms with Crippen molar-refractivity contribution in [1.29, 1.82) is 0 Å². The maximum absolute atomic E-state index is 14.2. The van der Waals surface area contributed by atoms with Crippen molar-refractivity contribution in [3.8, 4) is 5.69 Å². The third-order valence-corrected chi connectivity index (χ3v) is 9.35. The van der Waals surface area contributed by atoms with E-state index in [1.165, 1.54) is 23.0 Å². The molecule has 0 amide bonds. The summed E-state index contributed by atoms with van der Waals surface area (Å²) in [6.45, 7) is 4.07. The molecule has 0 spiro atoms. The molecular weight excluding hydrogens is 568 g/mol. The number of fused-ring (bicyclic) bond motifs is 3. The van der Waals surface area contributed by atoms with Gasteiger partial charge in [0.1, 0.15) is 0 Å². The molecule has 0 saturated heterocycles. The lowest BCUT2D eigenvalue weighted by molar-refractivity contribution is -0.384. The number of rotatable bonds is 4. The van der Waals surface area contributed by atoms with E-state index >= 15 is 0 Å². The molecule has 7 nitrogen and oxygen atoms in total. The molecule has 42 heavy (non-hydrogen) atoms. The van der Waals surface area contributed by atoms with Crippen LogP contribution in [-0.4, -0.2) is 14.1 Å². The number of nitro benzene ring substituents is 1. The van der Waals surface area contributed by atoms with Crippen LogP contribution in [0.15, 0.2) is 94.2 Å². The van der Waals surface area contributed by atoms with E-state index in [-0.39, 0.29) is 11.2 Å². The van der Waals surface area contributed by atoms with Gasteiger partial charge in [-0.05, 0) is 85.4 Å². The van der Waals surface area contributed by atoms with E-state index in [1.807, 2.05) is 62.4 Å². The summed E-state index contributed by atoms with van der Waals surface area (Å²) in [7, 11) is 0. The number of thiazole rings is 1. The summed E-state index contributed by atoms with van der Waals surface area (Å²) in [5.74, 6) is 0. The van der Waals surface area contributed by atoms with Crippen molar-refractivity contribution < 1.29 is 4.92 Å². The topological polar surface area (TPSA) is 82.4 Å². The average molecular weight is 593 g/mol. The van der Waals surface area contributed by atoms with E-state index in [0.29, 0.717) is 26.3 Å². The molecule has 208 valence electrons. The molecule has 0 unspecified atom stereocenters. The Morgan fingerprint density at radius 1 is 1.02 bits per heavy atom. The fourth-order valence-electron chi connectivity index (χ4n) is 6.19. The molecule has 1 atom stereocenters. The third kappa shape index (κ3) is 4.26. The van der Waals surface area contributed by atoms with Gasteiger partial charge < -0.3 is 4.57 Å². The lowest BCUT2D eigenvalue weighted by Crippen LogP contribution is -2.38. The van der Waals surface area contributed by atoms with Crippen molar-refractivity contribution in [3.63, 3.8) is 0 Å². The van der Waals surface area contributed by atoms with Crippen LogP contribution in [0, 0.1) is 24.0 Å². The van der Waals surface area contributed by atoms with E-state index in [4.69, 9.17) is 16.6 Å². The van der Waals surface area contributed by atoms with E-state index < -0.39 is 11.0 Å². The van der Waals surface area contributed by atoms with Crippen molar-refractivity contribution >= 4 is 40.4 Å². The smallest absolute Gasteiger partial charge is 0.271 e. The summed E-state index contributed by atoms with van der Waals surface area (Å²) in [5, 5.41) is 12.4. The minimum atomic E-state index is -0.479. The highest BCUT2D eigenvalue weighted by molar-refractivity contribution is 7.07. The maximum atomic E-state index is 14.2. The number of non-ortho nitro benzene ring substituents is 1. The fraction of sp³-hybridized carbons (Fsp3) is 0.152. The van der Waals surface area contributed by atoms with Gasteiger partial charge in [0, 0.05) is 39.8 Å². The number of hydrogen-bond donors (Lipinski definition) is 0. The Hall–Kier alpha value is -4.53. The summed E-state index contributed by atoms with van der Waals surface area (Å²) >= 11 is 7.47. The van der Waals surface area contributed by atoms with Crippen LogP contribution in [0.25, 0.3) is 17.5 Å². The fourth-order valence-corrected chi connectivity index (χ4v) is 7.31. The normalized spacial score (nSPS) is 16.1. The van der Waals surface area contributed by atoms with E-state index in [9.17, 15) is 14.9 Å². The minimum Gasteiger partial charge on any atom is -0.318 e. The zero-order valence-electron chi connectivity index (χ0n) is 22.9. The van der Waals surface area contributed by atoms with Gasteiger partial charge in [0.15, 0.2) is 4.80 Å². The predicted octanol–water partition coefficient (Wildman–Crippen LogP) is 6.29. The number of nitrogens with zero attached hydrogens (tertiary/aromatic N) is 4. The SMILES string of the molecule is Cc1cc(/C=c2/sc3n(c2=O)[C@@H](c2cccc([N+](=O)[O-])c2)C2=C(N=3)c3ccccc3CC2)c(C)n1-c1ccc(Cl)cc1. The molecule has 7 rings (SSSR count). The zero-order chi connectivity index (χ0) is 29.1. The van der Waals surface area contributed by atoms with Crippen molar-refractivity contribution in [2.24, 2.45) is 4.99 Å². The van der Waals surface area contributed by atoms with Crippen molar-refractivity contribution in [2.45, 2.75) is 32.7 Å². The van der Waals surface area contributed by atoms with Crippen LogP contribution in [0.3, 0.4) is 0 Å². The first-order valence-corrected chi connectivity index (χ1v) is 14.8. The number of allylic oxidation sites excluding steroid dienone is 1. The first kappa shape index (κ1) is 26.4. The molecular formula is C33H25ClN4O3S. The highest BCUT2D eigenvalue weighted by Gasteiger charge is 2.33. The third-order valence-electron chi connectivity index (χ3n) is 8.11. The van der Waals surface area contributed by atoms with Gasteiger partial charge in [-0.1, -0.05) is 59.3 Å². The summed E-state index contributed by atoms with van der Waals surface area (Å²) in [5.41, 5.74) is 8.66. The number of hydrogen-bond acceptors (Lipinski definition) is 5. The van der Waals surface area contributed by atoms with Crippen LogP contribution in [-0.2, 0) is 6.42 Å². The highest BCUT2D eigenvalue weighted by atomic mass is 35.5. The molecule has 1 aliphatic heterocycles. The Morgan fingerprint density at radius 3 is 2.60 bits per heavy atom. The Morgan fingerprint density at radius 2 is 1.81 bits per heavy atom. The van der Waals surface area contributed by atoms with Gasteiger partial charge in [0.05, 0.1) is 21.2 Å². The van der Waals surface area contributed by atoms with E-state index in [2.05, 4.69) is 22.8 Å². The van der Waals surface area contributed by atoms with Crippen LogP contribution in [0.1, 0.15) is 46.1 Å². The monoisotopic (exact) mass is 592 g/mol. The molecule has 9 heteroatoms. The molecule has 0 radical (unpaired) electrons. The molecule has 0 bridgehead atoms. The van der Waals surface area contributed by atoms with Gasteiger partial charge in [-0.2, -0.15) is 0 Å². The number of halogens is 1. The summed E-state index contributed by atoms with van der Waals surface area (Å²) in [6.07, 6.45) is 3.46. The van der Waals surface area contributed by atoms with Crippen LogP contribution < -0.4 is 14.9 Å². The van der Waals surface area contributed by atoms with Gasteiger partial charge in [-0.3, -0.25) is 19.5 Å². The number of aromatic nitrogens is 2. The average Bonchev–Trinajstić information content (AvgIpc) is 3.45. The van der Waals surface area contributed by atoms with Gasteiger partial charge in [0.25, 0.3) is 11.2 Å². The summed E-state index contributed by atoms with van der Waals surface area (Å²) in [6, 6.07) is 24.1. The van der Waals surface area contributed by atoms with Crippen LogP contribution in [0.4, 0.5) is 5.69 Å². The Balaban J connectivity index is 1.44. The Bertz CT molecular complexity index is 2140. The molecule has 0 saturated carbocycles. The van der Waals surface area contributed by atoms with Gasteiger partial charge in [-0.15, -0.1) is 0 Å². The molecule has 2 aromatic heterocycles.